The molecule has 1 aromatic carbocycles. The first-order valence-corrected chi connectivity index (χ1v) is 6.15. The maximum atomic E-state index is 12.2. The van der Waals surface area contributed by atoms with Gasteiger partial charge in [-0.2, -0.15) is 0 Å². The van der Waals surface area contributed by atoms with Crippen molar-refractivity contribution < 1.29 is 4.79 Å². The summed E-state index contributed by atoms with van der Waals surface area (Å²) in [7, 11) is 0. The Morgan fingerprint density at radius 2 is 1.44 bits per heavy atom. The maximum Gasteiger partial charge on any atom is 0.189 e. The van der Waals surface area contributed by atoms with Crippen LogP contribution in [0, 0.1) is 0 Å². The van der Waals surface area contributed by atoms with E-state index < -0.39 is 0 Å². The molecule has 2 rings (SSSR count). The van der Waals surface area contributed by atoms with E-state index in [-0.39, 0.29) is 5.78 Å². The van der Waals surface area contributed by atoms with Crippen molar-refractivity contribution in [2.45, 2.75) is 39.5 Å². The van der Waals surface area contributed by atoms with E-state index in [1.54, 1.807) is 0 Å². The summed E-state index contributed by atoms with van der Waals surface area (Å²) in [6.45, 7) is 4.30. The molecule has 1 nitrogen and oxygen atoms in total. The molecule has 0 saturated heterocycles. The Kier molecular flexibility index (Phi) is 3.23. The summed E-state index contributed by atoms with van der Waals surface area (Å²) in [6, 6.07) is 8.02. The second kappa shape index (κ2) is 4.65. The van der Waals surface area contributed by atoms with Crippen LogP contribution in [0.2, 0.25) is 0 Å². The Balaban J connectivity index is 2.48. The zero-order valence-corrected chi connectivity index (χ0v) is 10.0. The van der Waals surface area contributed by atoms with Crippen molar-refractivity contribution in [3.8, 4) is 0 Å². The average Bonchev–Trinajstić information content (AvgIpc) is 2.57. The molecule has 0 unspecified atom stereocenters. The normalized spacial score (nSPS) is 14.5. The predicted molar refractivity (Wildman–Crippen MR) is 67.5 cm³/mol. The Morgan fingerprint density at radius 1 is 0.875 bits per heavy atom. The van der Waals surface area contributed by atoms with Crippen LogP contribution in [0.15, 0.2) is 29.8 Å². The number of Topliss-reactive ketones (excluding diaryl/α,β-unsaturated/α-hetero) is 1. The molecule has 1 aromatic rings. The van der Waals surface area contributed by atoms with Crippen molar-refractivity contribution in [1.82, 2.24) is 0 Å². The lowest BCUT2D eigenvalue weighted by Crippen LogP contribution is -1.98. The lowest BCUT2D eigenvalue weighted by atomic mass is 9.99. The van der Waals surface area contributed by atoms with Crippen LogP contribution in [0.4, 0.5) is 0 Å². The Morgan fingerprint density at radius 3 is 2.06 bits per heavy atom. The molecule has 16 heavy (non-hydrogen) atoms. The fourth-order valence-electron chi connectivity index (χ4n) is 2.46. The first kappa shape index (κ1) is 11.1. The van der Waals surface area contributed by atoms with Gasteiger partial charge in [0, 0.05) is 11.1 Å². The second-order valence-electron chi connectivity index (χ2n) is 4.33. The lowest BCUT2D eigenvalue weighted by molar-refractivity contribution is 0.103. The summed E-state index contributed by atoms with van der Waals surface area (Å²) >= 11 is 0. The zero-order valence-electron chi connectivity index (χ0n) is 10.0. The highest BCUT2D eigenvalue weighted by atomic mass is 16.1. The highest BCUT2D eigenvalue weighted by molar-refractivity contribution is 6.20. The van der Waals surface area contributed by atoms with Crippen LogP contribution in [0.25, 0.3) is 5.57 Å². The molecule has 1 aliphatic rings. The van der Waals surface area contributed by atoms with Crippen molar-refractivity contribution in [2.75, 3.05) is 0 Å². The molecule has 84 valence electrons. The highest BCUT2D eigenvalue weighted by Gasteiger charge is 2.27. The molecule has 0 bridgehead atoms. The molecule has 0 saturated carbocycles. The van der Waals surface area contributed by atoms with E-state index >= 15 is 0 Å². The van der Waals surface area contributed by atoms with E-state index in [9.17, 15) is 4.79 Å². The molecule has 0 atom stereocenters. The molecule has 0 aromatic heterocycles. The van der Waals surface area contributed by atoms with Gasteiger partial charge in [0.15, 0.2) is 5.78 Å². The number of hydrogen-bond donors (Lipinski definition) is 0. The van der Waals surface area contributed by atoms with Crippen LogP contribution in [-0.4, -0.2) is 5.78 Å². The predicted octanol–water partition coefficient (Wildman–Crippen LogP) is 4.24. The van der Waals surface area contributed by atoms with Gasteiger partial charge < -0.3 is 0 Å². The van der Waals surface area contributed by atoms with Crippen molar-refractivity contribution in [2.24, 2.45) is 0 Å². The summed E-state index contributed by atoms with van der Waals surface area (Å²) in [5.41, 5.74) is 4.45. The Hall–Kier alpha value is -1.37. The van der Waals surface area contributed by atoms with Crippen molar-refractivity contribution in [1.29, 1.82) is 0 Å². The SMILES string of the molecule is CCCC1=C(CCC)c2ccccc2C1=O. The molecular weight excluding hydrogens is 196 g/mol. The number of allylic oxidation sites excluding steroid dienone is 2. The first-order valence-electron chi connectivity index (χ1n) is 6.15. The third-order valence-electron chi connectivity index (χ3n) is 3.14. The van der Waals surface area contributed by atoms with Gasteiger partial charge in [0.2, 0.25) is 0 Å². The first-order chi connectivity index (χ1) is 7.79. The summed E-state index contributed by atoms with van der Waals surface area (Å²) in [6.07, 6.45) is 4.09. The van der Waals surface area contributed by atoms with Crippen LogP contribution < -0.4 is 0 Å². The van der Waals surface area contributed by atoms with Crippen LogP contribution in [0.3, 0.4) is 0 Å². The van der Waals surface area contributed by atoms with E-state index in [0.717, 1.165) is 36.8 Å². The molecule has 0 N–H and O–H groups in total. The molecule has 1 heteroatoms. The summed E-state index contributed by atoms with van der Waals surface area (Å²) in [5.74, 6) is 0.265. The number of hydrogen-bond acceptors (Lipinski definition) is 1. The molecule has 0 amide bonds. The largest absolute Gasteiger partial charge is 0.289 e. The van der Waals surface area contributed by atoms with Gasteiger partial charge in [-0.1, -0.05) is 51.0 Å². The number of ketones is 1. The van der Waals surface area contributed by atoms with Gasteiger partial charge in [0.25, 0.3) is 0 Å². The molecule has 1 aliphatic carbocycles. The standard InChI is InChI=1S/C15H18O/c1-3-7-11-12-9-5-6-10-14(12)15(16)13(11)8-4-2/h5-6,9-10H,3-4,7-8H2,1-2H3. The van der Waals surface area contributed by atoms with E-state index in [2.05, 4.69) is 19.9 Å². The van der Waals surface area contributed by atoms with Gasteiger partial charge in [-0.3, -0.25) is 4.79 Å². The summed E-state index contributed by atoms with van der Waals surface area (Å²) < 4.78 is 0. The van der Waals surface area contributed by atoms with Gasteiger partial charge in [-0.15, -0.1) is 0 Å². The van der Waals surface area contributed by atoms with Gasteiger partial charge in [-0.25, -0.2) is 0 Å². The Bertz CT molecular complexity index is 441. The smallest absolute Gasteiger partial charge is 0.189 e. The minimum atomic E-state index is 0.265. The molecule has 0 aliphatic heterocycles. The zero-order chi connectivity index (χ0) is 11.5. The quantitative estimate of drug-likeness (QED) is 0.732. The van der Waals surface area contributed by atoms with Crippen molar-refractivity contribution >= 4 is 11.4 Å². The molecule has 0 spiro atoms. The monoisotopic (exact) mass is 214 g/mol. The summed E-state index contributed by atoms with van der Waals surface area (Å²) in [4.78, 5) is 12.2. The molecule has 0 fully saturated rings. The fourth-order valence-corrected chi connectivity index (χ4v) is 2.46. The van der Waals surface area contributed by atoms with Gasteiger partial charge in [0.05, 0.1) is 0 Å². The fraction of sp³-hybridized carbons (Fsp3) is 0.400. The number of fused-ring (bicyclic) bond motifs is 1. The number of rotatable bonds is 4. The van der Waals surface area contributed by atoms with Crippen LogP contribution in [0.5, 0.6) is 0 Å². The van der Waals surface area contributed by atoms with Gasteiger partial charge in [0.1, 0.15) is 0 Å². The lowest BCUT2D eigenvalue weighted by Gasteiger charge is -2.04. The average molecular weight is 214 g/mol. The van der Waals surface area contributed by atoms with E-state index in [1.165, 1.54) is 11.1 Å². The van der Waals surface area contributed by atoms with Crippen molar-refractivity contribution in [3.05, 3.63) is 41.0 Å². The number of carbonyl (C=O) groups is 1. The van der Waals surface area contributed by atoms with Crippen molar-refractivity contribution in [3.63, 3.8) is 0 Å². The van der Waals surface area contributed by atoms with Gasteiger partial charge >= 0.3 is 0 Å². The molecule has 0 heterocycles. The van der Waals surface area contributed by atoms with E-state index in [1.807, 2.05) is 18.2 Å². The second-order valence-corrected chi connectivity index (χ2v) is 4.33. The minimum Gasteiger partial charge on any atom is -0.289 e. The van der Waals surface area contributed by atoms with Crippen LogP contribution in [0.1, 0.15) is 55.5 Å². The molecule has 0 radical (unpaired) electrons. The Labute approximate surface area is 97.2 Å². The molecular formula is C15H18O. The van der Waals surface area contributed by atoms with Crippen LogP contribution in [-0.2, 0) is 0 Å². The topological polar surface area (TPSA) is 17.1 Å². The number of carbonyl (C=O) groups excluding carboxylic acids is 1. The third-order valence-corrected chi connectivity index (χ3v) is 3.14. The minimum absolute atomic E-state index is 0.265. The third kappa shape index (κ3) is 1.71. The number of benzene rings is 1. The van der Waals surface area contributed by atoms with E-state index in [4.69, 9.17) is 0 Å². The summed E-state index contributed by atoms with van der Waals surface area (Å²) in [5, 5.41) is 0. The van der Waals surface area contributed by atoms with Gasteiger partial charge in [-0.05, 0) is 24.0 Å². The van der Waals surface area contributed by atoms with E-state index in [0.29, 0.717) is 0 Å². The maximum absolute atomic E-state index is 12.2. The highest BCUT2D eigenvalue weighted by Crippen LogP contribution is 2.37. The van der Waals surface area contributed by atoms with Crippen LogP contribution >= 0.6 is 0 Å².